The number of methoxy groups -OCH3 is 1. The summed E-state index contributed by atoms with van der Waals surface area (Å²) >= 11 is 0. The van der Waals surface area contributed by atoms with Gasteiger partial charge in [0, 0.05) is 6.07 Å². The molecule has 16 heavy (non-hydrogen) atoms. The van der Waals surface area contributed by atoms with Gasteiger partial charge in [-0.1, -0.05) is 0 Å². The van der Waals surface area contributed by atoms with Crippen LogP contribution in [0.5, 0.6) is 5.75 Å². The van der Waals surface area contributed by atoms with Gasteiger partial charge in [0.05, 0.1) is 17.7 Å². The van der Waals surface area contributed by atoms with Crippen LogP contribution in [0, 0.1) is 0 Å². The van der Waals surface area contributed by atoms with Crippen LogP contribution in [-0.4, -0.2) is 21.5 Å². The topological polar surface area (TPSA) is 134 Å². The largest absolute Gasteiger partial charge is 0.495 e. The van der Waals surface area contributed by atoms with Gasteiger partial charge >= 0.3 is 0 Å². The number of nitrogen functional groups attached to an aromatic ring is 1. The highest BCUT2D eigenvalue weighted by Crippen LogP contribution is 2.25. The second-order valence-electron chi connectivity index (χ2n) is 2.89. The van der Waals surface area contributed by atoms with Crippen molar-refractivity contribution in [2.75, 3.05) is 12.8 Å². The molecule has 0 aliphatic rings. The van der Waals surface area contributed by atoms with Gasteiger partial charge in [-0.25, -0.2) is 0 Å². The molecule has 0 aliphatic heterocycles. The van der Waals surface area contributed by atoms with Crippen molar-refractivity contribution in [3.63, 3.8) is 0 Å². The monoisotopic (exact) mass is 244 g/mol. The number of nitrogens with zero attached hydrogens (tertiary/aromatic N) is 1. The van der Waals surface area contributed by atoms with Gasteiger partial charge in [-0.05, 0) is 12.1 Å². The van der Waals surface area contributed by atoms with Crippen molar-refractivity contribution in [2.45, 2.75) is 4.90 Å². The Hall–Kier alpha value is -1.96. The second-order valence-corrected chi connectivity index (χ2v) is 4.50. The molecule has 0 saturated heterocycles. The van der Waals surface area contributed by atoms with E-state index in [-0.39, 0.29) is 10.6 Å². The number of hydrogen-bond acceptors (Lipinski definition) is 4. The summed E-state index contributed by atoms with van der Waals surface area (Å²) in [6.07, 6.45) is 0. The maximum Gasteiger partial charge on any atom is 0.285 e. The number of benzene rings is 1. The molecule has 0 atom stereocenters. The summed E-state index contributed by atoms with van der Waals surface area (Å²) in [4.78, 5) is -0.0908. The van der Waals surface area contributed by atoms with E-state index in [1.807, 2.05) is 0 Å². The molecule has 7 nitrogen and oxygen atoms in total. The van der Waals surface area contributed by atoms with Crippen molar-refractivity contribution < 1.29 is 13.2 Å². The van der Waals surface area contributed by atoms with E-state index < -0.39 is 16.0 Å². The second kappa shape index (κ2) is 4.27. The molecule has 0 amide bonds. The third kappa shape index (κ3) is 2.54. The lowest BCUT2D eigenvalue weighted by atomic mass is 10.3. The smallest absolute Gasteiger partial charge is 0.285 e. The molecule has 0 saturated carbocycles. The molecular formula is C8H12N4O3S. The SMILES string of the molecule is COc1cc(S(=O)(=O)N=C(N)N)ccc1N. The van der Waals surface area contributed by atoms with Crippen molar-refractivity contribution >= 4 is 21.7 Å². The Morgan fingerprint density at radius 3 is 2.50 bits per heavy atom. The fourth-order valence-electron chi connectivity index (χ4n) is 1.04. The third-order valence-electron chi connectivity index (χ3n) is 1.73. The van der Waals surface area contributed by atoms with Crippen molar-refractivity contribution in [3.8, 4) is 5.75 Å². The molecule has 0 heterocycles. The van der Waals surface area contributed by atoms with Crippen LogP contribution in [-0.2, 0) is 10.0 Å². The van der Waals surface area contributed by atoms with E-state index in [1.54, 1.807) is 0 Å². The van der Waals surface area contributed by atoms with Gasteiger partial charge < -0.3 is 21.9 Å². The normalized spacial score (nSPS) is 10.8. The molecule has 0 spiro atoms. The maximum atomic E-state index is 11.6. The number of guanidine groups is 1. The average molecular weight is 244 g/mol. The van der Waals surface area contributed by atoms with Gasteiger partial charge in [-0.3, -0.25) is 0 Å². The number of sulfonamides is 1. The van der Waals surface area contributed by atoms with Gasteiger partial charge in [0.1, 0.15) is 5.75 Å². The summed E-state index contributed by atoms with van der Waals surface area (Å²) in [6.45, 7) is 0. The number of hydrogen-bond donors (Lipinski definition) is 3. The van der Waals surface area contributed by atoms with Crippen LogP contribution in [0.15, 0.2) is 27.5 Å². The Morgan fingerprint density at radius 2 is 2.00 bits per heavy atom. The zero-order valence-corrected chi connectivity index (χ0v) is 9.36. The fourth-order valence-corrected chi connectivity index (χ4v) is 1.92. The quantitative estimate of drug-likeness (QED) is 0.363. The van der Waals surface area contributed by atoms with Crippen molar-refractivity contribution in [3.05, 3.63) is 18.2 Å². The van der Waals surface area contributed by atoms with Crippen LogP contribution in [0.1, 0.15) is 0 Å². The van der Waals surface area contributed by atoms with Gasteiger partial charge in [0.25, 0.3) is 10.0 Å². The van der Waals surface area contributed by atoms with E-state index in [0.717, 1.165) is 0 Å². The van der Waals surface area contributed by atoms with Crippen LogP contribution >= 0.6 is 0 Å². The van der Waals surface area contributed by atoms with Crippen LogP contribution in [0.2, 0.25) is 0 Å². The van der Waals surface area contributed by atoms with Crippen LogP contribution < -0.4 is 21.9 Å². The predicted octanol–water partition coefficient (Wildman–Crippen LogP) is -0.760. The molecule has 8 heteroatoms. The molecule has 0 unspecified atom stereocenters. The first kappa shape index (κ1) is 12.1. The van der Waals surface area contributed by atoms with E-state index in [4.69, 9.17) is 21.9 Å². The molecule has 1 aromatic carbocycles. The summed E-state index contributed by atoms with van der Waals surface area (Å²) in [7, 11) is -2.53. The standard InChI is InChI=1S/C8H12N4O3S/c1-15-7-4-5(2-3-6(7)9)16(13,14)12-8(10)11/h2-4H,9H2,1H3,(H4,10,11,12). The summed E-state index contributed by atoms with van der Waals surface area (Å²) < 4.78 is 31.2. The minimum atomic E-state index is -3.91. The molecule has 88 valence electrons. The number of ether oxygens (including phenoxy) is 1. The first-order chi connectivity index (χ1) is 7.36. The van der Waals surface area contributed by atoms with Gasteiger partial charge in [-0.2, -0.15) is 8.42 Å². The molecule has 0 aliphatic carbocycles. The zero-order chi connectivity index (χ0) is 12.3. The highest BCUT2D eigenvalue weighted by molar-refractivity contribution is 7.90. The number of anilines is 1. The van der Waals surface area contributed by atoms with Crippen molar-refractivity contribution in [1.29, 1.82) is 0 Å². The van der Waals surface area contributed by atoms with Crippen LogP contribution in [0.25, 0.3) is 0 Å². The van der Waals surface area contributed by atoms with E-state index in [1.165, 1.54) is 25.3 Å². The van der Waals surface area contributed by atoms with Crippen LogP contribution in [0.3, 0.4) is 0 Å². The van der Waals surface area contributed by atoms with E-state index >= 15 is 0 Å². The Bertz CT molecular complexity index is 520. The van der Waals surface area contributed by atoms with Gasteiger partial charge in [0.2, 0.25) is 5.96 Å². The zero-order valence-electron chi connectivity index (χ0n) is 8.54. The lowest BCUT2D eigenvalue weighted by Gasteiger charge is -2.05. The number of rotatable bonds is 3. The Labute approximate surface area is 93.0 Å². The lowest BCUT2D eigenvalue weighted by Crippen LogP contribution is -2.24. The Kier molecular flexibility index (Phi) is 3.23. The number of nitrogens with two attached hydrogens (primary N) is 3. The summed E-state index contributed by atoms with van der Waals surface area (Å²) in [5.74, 6) is -0.289. The first-order valence-electron chi connectivity index (χ1n) is 4.16. The van der Waals surface area contributed by atoms with E-state index in [2.05, 4.69) is 4.40 Å². The average Bonchev–Trinajstić information content (AvgIpc) is 2.16. The third-order valence-corrected chi connectivity index (χ3v) is 3.03. The molecule has 1 rings (SSSR count). The summed E-state index contributed by atoms with van der Waals surface area (Å²) in [5, 5.41) is 0. The fraction of sp³-hybridized carbons (Fsp3) is 0.125. The maximum absolute atomic E-state index is 11.6. The highest BCUT2D eigenvalue weighted by Gasteiger charge is 2.15. The molecule has 0 radical (unpaired) electrons. The van der Waals surface area contributed by atoms with Crippen molar-refractivity contribution in [1.82, 2.24) is 0 Å². The summed E-state index contributed by atoms with van der Waals surface area (Å²) in [6, 6.07) is 3.94. The molecular weight excluding hydrogens is 232 g/mol. The molecule has 6 N–H and O–H groups in total. The van der Waals surface area contributed by atoms with E-state index in [0.29, 0.717) is 5.69 Å². The molecule has 0 bridgehead atoms. The minimum Gasteiger partial charge on any atom is -0.495 e. The first-order valence-corrected chi connectivity index (χ1v) is 5.60. The molecule has 0 fully saturated rings. The van der Waals surface area contributed by atoms with Gasteiger partial charge in [0.15, 0.2) is 0 Å². The molecule has 0 aromatic heterocycles. The van der Waals surface area contributed by atoms with Crippen LogP contribution in [0.4, 0.5) is 5.69 Å². The highest BCUT2D eigenvalue weighted by atomic mass is 32.2. The Balaban J connectivity index is 3.30. The van der Waals surface area contributed by atoms with Crippen molar-refractivity contribution in [2.24, 2.45) is 15.9 Å². The minimum absolute atomic E-state index is 0.0908. The Morgan fingerprint density at radius 1 is 1.38 bits per heavy atom. The predicted molar refractivity (Wildman–Crippen MR) is 60.4 cm³/mol. The van der Waals surface area contributed by atoms with Gasteiger partial charge in [-0.15, -0.1) is 4.40 Å². The summed E-state index contributed by atoms with van der Waals surface area (Å²) in [5.41, 5.74) is 15.9. The lowest BCUT2D eigenvalue weighted by molar-refractivity contribution is 0.415. The van der Waals surface area contributed by atoms with E-state index in [9.17, 15) is 8.42 Å². The molecule has 1 aromatic rings.